The molecule has 1 saturated carbocycles. The van der Waals surface area contributed by atoms with E-state index in [9.17, 15) is 0 Å². The maximum Gasteiger partial charge on any atom is 0.231 e. The van der Waals surface area contributed by atoms with E-state index in [0.29, 0.717) is 18.8 Å². The molecule has 0 N–H and O–H groups in total. The zero-order valence-corrected chi connectivity index (χ0v) is 16.8. The highest BCUT2D eigenvalue weighted by Crippen LogP contribution is 2.36. The van der Waals surface area contributed by atoms with Crippen molar-refractivity contribution in [1.29, 1.82) is 0 Å². The summed E-state index contributed by atoms with van der Waals surface area (Å²) in [5, 5.41) is 0. The molecule has 0 spiro atoms. The molecule has 1 aliphatic heterocycles. The second kappa shape index (κ2) is 7.55. The average Bonchev–Trinajstić information content (AvgIpc) is 3.23. The van der Waals surface area contributed by atoms with Crippen molar-refractivity contribution >= 4 is 0 Å². The summed E-state index contributed by atoms with van der Waals surface area (Å²) in [6.07, 6.45) is 3.85. The topological polar surface area (TPSA) is 47.7 Å². The van der Waals surface area contributed by atoms with E-state index in [-0.39, 0.29) is 0 Å². The molecule has 2 aromatic rings. The van der Waals surface area contributed by atoms with Gasteiger partial charge in [0.1, 0.15) is 5.76 Å². The van der Waals surface area contributed by atoms with Gasteiger partial charge in [-0.2, -0.15) is 0 Å². The molecule has 146 valence electrons. The molecular weight excluding hydrogens is 340 g/mol. The first-order valence-electron chi connectivity index (χ1n) is 10.1. The molecule has 2 aliphatic rings. The van der Waals surface area contributed by atoms with Gasteiger partial charge in [-0.3, -0.25) is 4.90 Å². The Kier molecular flexibility index (Phi) is 5.13. The molecule has 1 aliphatic carbocycles. The van der Waals surface area contributed by atoms with E-state index in [1.165, 1.54) is 24.8 Å². The summed E-state index contributed by atoms with van der Waals surface area (Å²) >= 11 is 0. The first-order valence-corrected chi connectivity index (χ1v) is 10.1. The van der Waals surface area contributed by atoms with Crippen molar-refractivity contribution in [2.75, 3.05) is 6.79 Å². The fourth-order valence-corrected chi connectivity index (χ4v) is 4.41. The van der Waals surface area contributed by atoms with Crippen molar-refractivity contribution in [2.45, 2.75) is 66.1 Å². The van der Waals surface area contributed by atoms with Crippen LogP contribution >= 0.6 is 0 Å². The summed E-state index contributed by atoms with van der Waals surface area (Å²) in [6, 6.07) is 6.80. The van der Waals surface area contributed by atoms with Gasteiger partial charge in [-0.1, -0.05) is 32.8 Å². The zero-order chi connectivity index (χ0) is 19.0. The number of hydrogen-bond acceptors (Lipinski definition) is 5. The molecule has 5 heteroatoms. The lowest BCUT2D eigenvalue weighted by Gasteiger charge is -2.41. The number of fused-ring (bicyclic) bond motifs is 1. The van der Waals surface area contributed by atoms with Crippen LogP contribution in [0, 0.1) is 25.7 Å². The summed E-state index contributed by atoms with van der Waals surface area (Å²) in [5.74, 6) is 4.82. The van der Waals surface area contributed by atoms with Gasteiger partial charge in [0, 0.05) is 12.6 Å². The van der Waals surface area contributed by atoms with E-state index in [4.69, 9.17) is 13.9 Å². The Morgan fingerprint density at radius 1 is 1.07 bits per heavy atom. The largest absolute Gasteiger partial charge is 0.454 e. The van der Waals surface area contributed by atoms with Crippen molar-refractivity contribution < 1.29 is 13.9 Å². The van der Waals surface area contributed by atoms with Gasteiger partial charge < -0.3 is 13.9 Å². The van der Waals surface area contributed by atoms with Crippen LogP contribution in [0.15, 0.2) is 22.6 Å². The Hall–Kier alpha value is -2.01. The fourth-order valence-electron chi connectivity index (χ4n) is 4.41. The van der Waals surface area contributed by atoms with Crippen molar-refractivity contribution in [3.63, 3.8) is 0 Å². The van der Waals surface area contributed by atoms with Crippen LogP contribution in [0.25, 0.3) is 0 Å². The third-order valence-electron chi connectivity index (χ3n) is 6.37. The van der Waals surface area contributed by atoms with E-state index in [1.54, 1.807) is 0 Å². The van der Waals surface area contributed by atoms with Gasteiger partial charge in [0.2, 0.25) is 12.7 Å². The van der Waals surface area contributed by atoms with Crippen LogP contribution in [0.3, 0.4) is 0 Å². The van der Waals surface area contributed by atoms with Crippen LogP contribution in [0.4, 0.5) is 0 Å². The summed E-state index contributed by atoms with van der Waals surface area (Å²) in [6.45, 7) is 10.7. The molecule has 0 saturated heterocycles. The van der Waals surface area contributed by atoms with Crippen molar-refractivity contribution in [3.05, 3.63) is 41.1 Å². The second-order valence-electron chi connectivity index (χ2n) is 8.18. The van der Waals surface area contributed by atoms with Crippen molar-refractivity contribution in [3.8, 4) is 11.5 Å². The molecule has 0 radical (unpaired) electrons. The highest BCUT2D eigenvalue weighted by Gasteiger charge is 2.32. The van der Waals surface area contributed by atoms with Crippen LogP contribution in [0.2, 0.25) is 0 Å². The molecule has 4 rings (SSSR count). The molecule has 1 aromatic carbocycles. The van der Waals surface area contributed by atoms with Crippen LogP contribution < -0.4 is 9.47 Å². The van der Waals surface area contributed by atoms with E-state index in [1.807, 2.05) is 19.9 Å². The normalized spacial score (nSPS) is 24.6. The number of hydrogen-bond donors (Lipinski definition) is 0. The van der Waals surface area contributed by atoms with Gasteiger partial charge in [-0.25, -0.2) is 4.98 Å². The smallest absolute Gasteiger partial charge is 0.231 e. The number of aromatic nitrogens is 1. The molecule has 1 aromatic heterocycles. The maximum atomic E-state index is 5.91. The highest BCUT2D eigenvalue weighted by molar-refractivity contribution is 5.44. The second-order valence-corrected chi connectivity index (χ2v) is 8.18. The fraction of sp³-hybridized carbons (Fsp3) is 0.591. The maximum absolute atomic E-state index is 5.91. The minimum Gasteiger partial charge on any atom is -0.454 e. The van der Waals surface area contributed by atoms with Gasteiger partial charge in [-0.15, -0.1) is 0 Å². The van der Waals surface area contributed by atoms with Gasteiger partial charge in [0.05, 0.1) is 12.2 Å². The minimum absolute atomic E-state index is 0.314. The summed E-state index contributed by atoms with van der Waals surface area (Å²) in [4.78, 5) is 7.18. The third kappa shape index (κ3) is 3.84. The molecule has 3 unspecified atom stereocenters. The first-order chi connectivity index (χ1) is 13.0. The van der Waals surface area contributed by atoms with Crippen LogP contribution in [0.1, 0.15) is 56.0 Å². The van der Waals surface area contributed by atoms with E-state index < -0.39 is 0 Å². The summed E-state index contributed by atoms with van der Waals surface area (Å²) in [5.41, 5.74) is 2.22. The molecule has 27 heavy (non-hydrogen) atoms. The predicted octanol–water partition coefficient (Wildman–Crippen LogP) is 4.85. The molecule has 1 fully saturated rings. The van der Waals surface area contributed by atoms with Gasteiger partial charge >= 0.3 is 0 Å². The van der Waals surface area contributed by atoms with Gasteiger partial charge in [0.15, 0.2) is 11.5 Å². The molecule has 0 amide bonds. The van der Waals surface area contributed by atoms with Gasteiger partial charge in [0.25, 0.3) is 0 Å². The Morgan fingerprint density at radius 3 is 2.67 bits per heavy atom. The Balaban J connectivity index is 1.58. The SMILES string of the molecule is Cc1nc(CN(Cc2ccc3c(c2)OCO3)C2CCCC(C)C2C)oc1C. The number of rotatable bonds is 5. The lowest BCUT2D eigenvalue weighted by Crippen LogP contribution is -2.43. The molecule has 0 bridgehead atoms. The number of oxazole rings is 1. The lowest BCUT2D eigenvalue weighted by molar-refractivity contribution is 0.0615. The quantitative estimate of drug-likeness (QED) is 0.753. The Morgan fingerprint density at radius 2 is 1.89 bits per heavy atom. The Labute approximate surface area is 161 Å². The van der Waals surface area contributed by atoms with Crippen LogP contribution in [-0.2, 0) is 13.1 Å². The molecular formula is C22H30N2O3. The Bertz CT molecular complexity index is 781. The van der Waals surface area contributed by atoms with Crippen molar-refractivity contribution in [1.82, 2.24) is 9.88 Å². The number of benzene rings is 1. The number of nitrogens with zero attached hydrogens (tertiary/aromatic N) is 2. The molecule has 5 nitrogen and oxygen atoms in total. The molecule has 3 atom stereocenters. The summed E-state index contributed by atoms with van der Waals surface area (Å²) < 4.78 is 16.9. The monoisotopic (exact) mass is 370 g/mol. The van der Waals surface area contributed by atoms with E-state index >= 15 is 0 Å². The van der Waals surface area contributed by atoms with Crippen LogP contribution in [0.5, 0.6) is 11.5 Å². The summed E-state index contributed by atoms with van der Waals surface area (Å²) in [7, 11) is 0. The molecule has 2 heterocycles. The van der Waals surface area contributed by atoms with Crippen molar-refractivity contribution in [2.24, 2.45) is 11.8 Å². The number of aryl methyl sites for hydroxylation is 2. The standard InChI is InChI=1S/C22H30N2O3/c1-14-6-5-7-19(15(14)2)24(12-22-23-16(3)17(4)27-22)11-18-8-9-20-21(10-18)26-13-25-20/h8-10,14-15,19H,5-7,11-13H2,1-4H3. The first kappa shape index (κ1) is 18.4. The highest BCUT2D eigenvalue weighted by atomic mass is 16.7. The third-order valence-corrected chi connectivity index (χ3v) is 6.37. The van der Waals surface area contributed by atoms with Gasteiger partial charge in [-0.05, 0) is 49.8 Å². The number of ether oxygens (including phenoxy) is 2. The van der Waals surface area contributed by atoms with Crippen LogP contribution in [-0.4, -0.2) is 22.7 Å². The average molecular weight is 370 g/mol. The minimum atomic E-state index is 0.314. The van der Waals surface area contributed by atoms with E-state index in [2.05, 4.69) is 35.9 Å². The predicted molar refractivity (Wildman–Crippen MR) is 104 cm³/mol. The zero-order valence-electron chi connectivity index (χ0n) is 16.8. The van der Waals surface area contributed by atoms with E-state index in [0.717, 1.165) is 47.9 Å². The lowest BCUT2D eigenvalue weighted by atomic mass is 9.77.